The maximum Gasteiger partial charge on any atom is 0.0644 e. The highest BCUT2D eigenvalue weighted by atomic mass is 15.3. The van der Waals surface area contributed by atoms with Crippen molar-refractivity contribution in [2.24, 2.45) is 0 Å². The summed E-state index contributed by atoms with van der Waals surface area (Å²) in [5, 5.41) is 3.57. The van der Waals surface area contributed by atoms with Crippen molar-refractivity contribution in [1.29, 1.82) is 0 Å². The normalized spacial score (nSPS) is 29.2. The van der Waals surface area contributed by atoms with E-state index in [4.69, 9.17) is 0 Å². The molecule has 1 saturated heterocycles. The third-order valence-electron chi connectivity index (χ3n) is 4.91. The minimum atomic E-state index is 0.713. The zero-order valence-corrected chi connectivity index (χ0v) is 11.0. The number of fused-ring (bicyclic) bond motifs is 3. The molecule has 0 spiro atoms. The third-order valence-corrected chi connectivity index (χ3v) is 4.91. The summed E-state index contributed by atoms with van der Waals surface area (Å²) in [4.78, 5) is 5.22. The van der Waals surface area contributed by atoms with Crippen LogP contribution in [0, 0.1) is 0 Å². The largest absolute Gasteiger partial charge is 0.368 e. The van der Waals surface area contributed by atoms with E-state index in [1.54, 1.807) is 11.3 Å². The van der Waals surface area contributed by atoms with Crippen molar-refractivity contribution in [3.05, 3.63) is 23.8 Å². The van der Waals surface area contributed by atoms with Gasteiger partial charge in [0.1, 0.15) is 0 Å². The molecule has 1 N–H and O–H groups in total. The monoisotopic (exact) mass is 243 g/mol. The van der Waals surface area contributed by atoms with Crippen LogP contribution in [0.4, 0.5) is 11.4 Å². The number of rotatable bonds is 1. The summed E-state index contributed by atoms with van der Waals surface area (Å²) < 4.78 is 0. The fourth-order valence-corrected chi connectivity index (χ4v) is 4.07. The minimum Gasteiger partial charge on any atom is -0.368 e. The van der Waals surface area contributed by atoms with Gasteiger partial charge in [0.05, 0.1) is 11.4 Å². The van der Waals surface area contributed by atoms with Crippen LogP contribution >= 0.6 is 0 Å². The standard InChI is InChI=1S/C15H21N3/c1-2-17-8-9-18-13-6-7-16-10-12(13)11-4-3-5-14(17)15(11)18/h3-5,12-13,16H,2,6-10H2,1H3/t12-,13-/m1/s1. The van der Waals surface area contributed by atoms with E-state index in [9.17, 15) is 0 Å². The van der Waals surface area contributed by atoms with E-state index in [1.807, 2.05) is 0 Å². The summed E-state index contributed by atoms with van der Waals surface area (Å²) in [6.07, 6.45) is 1.30. The highest BCUT2D eigenvalue weighted by molar-refractivity contribution is 5.81. The molecule has 3 heterocycles. The molecule has 0 amide bonds. The van der Waals surface area contributed by atoms with E-state index >= 15 is 0 Å². The van der Waals surface area contributed by atoms with Crippen LogP contribution in [-0.4, -0.2) is 38.8 Å². The molecule has 0 radical (unpaired) electrons. The summed E-state index contributed by atoms with van der Waals surface area (Å²) in [6.45, 7) is 8.11. The van der Waals surface area contributed by atoms with Crippen molar-refractivity contribution in [1.82, 2.24) is 5.32 Å². The van der Waals surface area contributed by atoms with Crippen molar-refractivity contribution < 1.29 is 0 Å². The quantitative estimate of drug-likeness (QED) is 0.811. The molecule has 3 aliphatic heterocycles. The van der Waals surface area contributed by atoms with Crippen LogP contribution in [0.25, 0.3) is 0 Å². The molecule has 4 rings (SSSR count). The second kappa shape index (κ2) is 3.89. The van der Waals surface area contributed by atoms with Crippen LogP contribution in [0.2, 0.25) is 0 Å². The summed E-state index contributed by atoms with van der Waals surface area (Å²) >= 11 is 0. The van der Waals surface area contributed by atoms with Gasteiger partial charge in [0.25, 0.3) is 0 Å². The topological polar surface area (TPSA) is 18.5 Å². The summed E-state index contributed by atoms with van der Waals surface area (Å²) in [7, 11) is 0. The number of nitrogens with one attached hydrogen (secondary N) is 1. The van der Waals surface area contributed by atoms with Crippen molar-refractivity contribution in [2.45, 2.75) is 25.3 Å². The van der Waals surface area contributed by atoms with Crippen LogP contribution < -0.4 is 15.1 Å². The molecule has 0 aliphatic carbocycles. The smallest absolute Gasteiger partial charge is 0.0644 e. The fourth-order valence-electron chi connectivity index (χ4n) is 4.07. The van der Waals surface area contributed by atoms with E-state index in [-0.39, 0.29) is 0 Å². The second-order valence-electron chi connectivity index (χ2n) is 5.65. The van der Waals surface area contributed by atoms with Crippen molar-refractivity contribution >= 4 is 11.4 Å². The first kappa shape index (κ1) is 10.7. The van der Waals surface area contributed by atoms with Gasteiger partial charge >= 0.3 is 0 Å². The molecule has 1 fully saturated rings. The van der Waals surface area contributed by atoms with Gasteiger partial charge in [-0.05, 0) is 31.5 Å². The maximum absolute atomic E-state index is 3.57. The average molecular weight is 243 g/mol. The Bertz CT molecular complexity index is 471. The molecule has 0 saturated carbocycles. The number of para-hydroxylation sites is 1. The molecule has 2 atom stereocenters. The van der Waals surface area contributed by atoms with Gasteiger partial charge in [-0.15, -0.1) is 0 Å². The van der Waals surface area contributed by atoms with E-state index in [2.05, 4.69) is 40.2 Å². The second-order valence-corrected chi connectivity index (χ2v) is 5.65. The number of likely N-dealkylation sites (N-methyl/N-ethyl adjacent to an activating group) is 1. The Kier molecular flexibility index (Phi) is 2.31. The van der Waals surface area contributed by atoms with Crippen molar-refractivity contribution in [2.75, 3.05) is 42.5 Å². The van der Waals surface area contributed by atoms with Crippen LogP contribution in [0.5, 0.6) is 0 Å². The van der Waals surface area contributed by atoms with E-state index in [0.29, 0.717) is 5.92 Å². The van der Waals surface area contributed by atoms with Gasteiger partial charge in [-0.1, -0.05) is 12.1 Å². The lowest BCUT2D eigenvalue weighted by atomic mass is 9.90. The highest BCUT2D eigenvalue weighted by Gasteiger charge is 2.42. The Labute approximate surface area is 109 Å². The van der Waals surface area contributed by atoms with E-state index in [0.717, 1.165) is 19.1 Å². The lowest BCUT2D eigenvalue weighted by molar-refractivity contribution is 0.402. The number of anilines is 2. The van der Waals surface area contributed by atoms with Gasteiger partial charge in [-0.2, -0.15) is 0 Å². The number of nitrogens with zero attached hydrogens (tertiary/aromatic N) is 2. The molecular formula is C15H21N3. The molecule has 18 heavy (non-hydrogen) atoms. The van der Waals surface area contributed by atoms with Gasteiger partial charge in [0, 0.05) is 38.1 Å². The Balaban J connectivity index is 1.86. The van der Waals surface area contributed by atoms with Crippen LogP contribution in [-0.2, 0) is 0 Å². The average Bonchev–Trinajstić information content (AvgIpc) is 2.77. The summed E-state index contributed by atoms with van der Waals surface area (Å²) in [6, 6.07) is 7.65. The first-order valence-electron chi connectivity index (χ1n) is 7.25. The first-order valence-corrected chi connectivity index (χ1v) is 7.25. The molecule has 3 aliphatic rings. The van der Waals surface area contributed by atoms with Gasteiger partial charge in [0.2, 0.25) is 0 Å². The SMILES string of the molecule is CCN1CCN2c3c(cccc31)[C@H]1CNCC[C@H]12. The first-order chi connectivity index (χ1) is 8.90. The van der Waals surface area contributed by atoms with Crippen LogP contribution in [0.3, 0.4) is 0 Å². The molecule has 1 aromatic carbocycles. The maximum atomic E-state index is 3.57. The predicted molar refractivity (Wildman–Crippen MR) is 75.7 cm³/mol. The van der Waals surface area contributed by atoms with E-state index in [1.165, 1.54) is 31.7 Å². The Hall–Kier alpha value is -1.22. The zero-order valence-electron chi connectivity index (χ0n) is 11.0. The molecular weight excluding hydrogens is 222 g/mol. The summed E-state index contributed by atoms with van der Waals surface area (Å²) in [5.74, 6) is 0.713. The molecule has 1 aromatic rings. The molecule has 96 valence electrons. The van der Waals surface area contributed by atoms with Gasteiger partial charge in [-0.3, -0.25) is 0 Å². The van der Waals surface area contributed by atoms with Crippen molar-refractivity contribution in [3.8, 4) is 0 Å². The highest BCUT2D eigenvalue weighted by Crippen LogP contribution is 2.49. The Morgan fingerprint density at radius 3 is 3.17 bits per heavy atom. The minimum absolute atomic E-state index is 0.713. The van der Waals surface area contributed by atoms with E-state index < -0.39 is 0 Å². The van der Waals surface area contributed by atoms with Crippen LogP contribution in [0.15, 0.2) is 18.2 Å². The number of hydrogen-bond donors (Lipinski definition) is 1. The lowest BCUT2D eigenvalue weighted by Gasteiger charge is -2.40. The number of piperidine rings is 1. The van der Waals surface area contributed by atoms with Gasteiger partial charge in [0.15, 0.2) is 0 Å². The van der Waals surface area contributed by atoms with Gasteiger partial charge < -0.3 is 15.1 Å². The van der Waals surface area contributed by atoms with Crippen molar-refractivity contribution in [3.63, 3.8) is 0 Å². The predicted octanol–water partition coefficient (Wildman–Crippen LogP) is 1.79. The lowest BCUT2D eigenvalue weighted by Crippen LogP contribution is -2.48. The fraction of sp³-hybridized carbons (Fsp3) is 0.600. The molecule has 3 heteroatoms. The molecule has 0 aromatic heterocycles. The zero-order chi connectivity index (χ0) is 12.1. The summed E-state index contributed by atoms with van der Waals surface area (Å²) in [5.41, 5.74) is 4.60. The number of hydrogen-bond acceptors (Lipinski definition) is 3. The van der Waals surface area contributed by atoms with Gasteiger partial charge in [-0.25, -0.2) is 0 Å². The third kappa shape index (κ3) is 1.28. The molecule has 0 bridgehead atoms. The molecule has 0 unspecified atom stereocenters. The number of benzene rings is 1. The van der Waals surface area contributed by atoms with Crippen LogP contribution in [0.1, 0.15) is 24.8 Å². The molecule has 3 nitrogen and oxygen atoms in total. The Morgan fingerprint density at radius 2 is 2.28 bits per heavy atom. The Morgan fingerprint density at radius 1 is 1.33 bits per heavy atom.